The van der Waals surface area contributed by atoms with Crippen LogP contribution in [0.15, 0.2) is 53.6 Å². The van der Waals surface area contributed by atoms with E-state index in [0.29, 0.717) is 24.9 Å². The third-order valence-corrected chi connectivity index (χ3v) is 4.39. The van der Waals surface area contributed by atoms with Crippen molar-refractivity contribution in [3.8, 4) is 0 Å². The standard InChI is InChI=1S/C21H23N3O2/c1-15-6-7-17-13-18(21(26)24-19(17)12-15)8-9-20(25)23-11-3-5-16-4-2-10-22-14-16/h2,4,6-7,10,12-14H,3,5,8-9,11H2,1H3,(H,23,25)(H,24,26). The fourth-order valence-electron chi connectivity index (χ4n) is 2.95. The molecule has 0 bridgehead atoms. The Morgan fingerprint density at radius 3 is 2.88 bits per heavy atom. The molecule has 26 heavy (non-hydrogen) atoms. The second-order valence-corrected chi connectivity index (χ2v) is 6.53. The van der Waals surface area contributed by atoms with Gasteiger partial charge in [-0.2, -0.15) is 0 Å². The maximum absolute atomic E-state index is 12.2. The van der Waals surface area contributed by atoms with Crippen molar-refractivity contribution < 1.29 is 4.79 Å². The number of nitrogens with one attached hydrogen (secondary N) is 2. The molecule has 0 fully saturated rings. The van der Waals surface area contributed by atoms with Crippen LogP contribution < -0.4 is 10.9 Å². The molecule has 2 heterocycles. The Labute approximate surface area is 152 Å². The van der Waals surface area contributed by atoms with E-state index in [1.807, 2.05) is 49.5 Å². The maximum atomic E-state index is 12.2. The van der Waals surface area contributed by atoms with E-state index in [4.69, 9.17) is 0 Å². The molecule has 0 saturated heterocycles. The van der Waals surface area contributed by atoms with Gasteiger partial charge in [-0.3, -0.25) is 14.6 Å². The number of rotatable bonds is 7. The minimum Gasteiger partial charge on any atom is -0.356 e. The number of benzene rings is 1. The molecular weight excluding hydrogens is 326 g/mol. The van der Waals surface area contributed by atoms with E-state index in [1.165, 1.54) is 5.56 Å². The van der Waals surface area contributed by atoms with Crippen molar-refractivity contribution in [1.82, 2.24) is 15.3 Å². The van der Waals surface area contributed by atoms with Crippen LogP contribution in [0.4, 0.5) is 0 Å². The van der Waals surface area contributed by atoms with Gasteiger partial charge in [0.2, 0.25) is 5.91 Å². The number of amides is 1. The zero-order valence-corrected chi connectivity index (χ0v) is 14.9. The van der Waals surface area contributed by atoms with Gasteiger partial charge >= 0.3 is 0 Å². The quantitative estimate of drug-likeness (QED) is 0.644. The molecule has 1 aromatic carbocycles. The molecule has 134 valence electrons. The Morgan fingerprint density at radius 1 is 1.19 bits per heavy atom. The number of fused-ring (bicyclic) bond motifs is 1. The number of hydrogen-bond donors (Lipinski definition) is 2. The normalized spacial score (nSPS) is 10.8. The summed E-state index contributed by atoms with van der Waals surface area (Å²) in [6, 6.07) is 11.8. The van der Waals surface area contributed by atoms with Gasteiger partial charge in [0.05, 0.1) is 0 Å². The molecule has 5 nitrogen and oxygen atoms in total. The van der Waals surface area contributed by atoms with Crippen LogP contribution in [-0.4, -0.2) is 22.4 Å². The summed E-state index contributed by atoms with van der Waals surface area (Å²) in [5.41, 5.74) is 3.63. The van der Waals surface area contributed by atoms with E-state index in [-0.39, 0.29) is 11.5 Å². The Hall–Kier alpha value is -2.95. The summed E-state index contributed by atoms with van der Waals surface area (Å²) >= 11 is 0. The molecule has 2 aromatic heterocycles. The topological polar surface area (TPSA) is 74.8 Å². The molecule has 5 heteroatoms. The number of carbonyl (C=O) groups excluding carboxylic acids is 1. The van der Waals surface area contributed by atoms with E-state index in [0.717, 1.165) is 29.3 Å². The summed E-state index contributed by atoms with van der Waals surface area (Å²) in [5, 5.41) is 3.90. The SMILES string of the molecule is Cc1ccc2cc(CCC(=O)NCCCc3cccnc3)c(=O)[nH]c2c1. The maximum Gasteiger partial charge on any atom is 0.251 e. The second-order valence-electron chi connectivity index (χ2n) is 6.53. The molecule has 0 aliphatic heterocycles. The first-order valence-electron chi connectivity index (χ1n) is 8.90. The fraction of sp³-hybridized carbons (Fsp3) is 0.286. The van der Waals surface area contributed by atoms with E-state index < -0.39 is 0 Å². The van der Waals surface area contributed by atoms with Crippen LogP contribution in [0.2, 0.25) is 0 Å². The Kier molecular flexibility index (Phi) is 5.79. The number of aromatic nitrogens is 2. The molecule has 0 atom stereocenters. The Morgan fingerprint density at radius 2 is 2.08 bits per heavy atom. The zero-order chi connectivity index (χ0) is 18.4. The lowest BCUT2D eigenvalue weighted by atomic mass is 10.1. The summed E-state index contributed by atoms with van der Waals surface area (Å²) in [6.45, 7) is 2.62. The van der Waals surface area contributed by atoms with Crippen molar-refractivity contribution >= 4 is 16.8 Å². The van der Waals surface area contributed by atoms with Crippen LogP contribution in [-0.2, 0) is 17.6 Å². The minimum atomic E-state index is -0.118. The number of aromatic amines is 1. The number of aryl methyl sites for hydroxylation is 3. The third-order valence-electron chi connectivity index (χ3n) is 4.39. The summed E-state index contributed by atoms with van der Waals surface area (Å²) < 4.78 is 0. The van der Waals surface area contributed by atoms with Gasteiger partial charge in [-0.1, -0.05) is 18.2 Å². The van der Waals surface area contributed by atoms with Crippen molar-refractivity contribution in [2.45, 2.75) is 32.6 Å². The van der Waals surface area contributed by atoms with Crippen LogP contribution in [0.3, 0.4) is 0 Å². The molecular formula is C21H23N3O2. The first-order chi connectivity index (χ1) is 12.6. The highest BCUT2D eigenvalue weighted by Crippen LogP contribution is 2.13. The van der Waals surface area contributed by atoms with Gasteiger partial charge in [-0.15, -0.1) is 0 Å². The van der Waals surface area contributed by atoms with Gasteiger partial charge in [0.25, 0.3) is 5.56 Å². The molecule has 0 unspecified atom stereocenters. The fourth-order valence-corrected chi connectivity index (χ4v) is 2.95. The number of pyridine rings is 2. The van der Waals surface area contributed by atoms with E-state index in [2.05, 4.69) is 15.3 Å². The van der Waals surface area contributed by atoms with Crippen LogP contribution in [0.5, 0.6) is 0 Å². The minimum absolute atomic E-state index is 0.0282. The van der Waals surface area contributed by atoms with E-state index >= 15 is 0 Å². The molecule has 2 N–H and O–H groups in total. The third kappa shape index (κ3) is 4.79. The highest BCUT2D eigenvalue weighted by Gasteiger charge is 2.07. The first kappa shape index (κ1) is 17.9. The second kappa shape index (κ2) is 8.43. The Balaban J connectivity index is 1.48. The highest BCUT2D eigenvalue weighted by molar-refractivity contribution is 5.80. The van der Waals surface area contributed by atoms with E-state index in [9.17, 15) is 9.59 Å². The summed E-state index contributed by atoms with van der Waals surface area (Å²) in [5.74, 6) is -0.0282. The first-order valence-corrected chi connectivity index (χ1v) is 8.90. The largest absolute Gasteiger partial charge is 0.356 e. The average molecular weight is 349 g/mol. The molecule has 0 radical (unpaired) electrons. The highest BCUT2D eigenvalue weighted by atomic mass is 16.1. The lowest BCUT2D eigenvalue weighted by Gasteiger charge is -2.06. The van der Waals surface area contributed by atoms with Gasteiger partial charge in [-0.25, -0.2) is 0 Å². The van der Waals surface area contributed by atoms with Crippen molar-refractivity contribution in [3.05, 3.63) is 75.8 Å². The summed E-state index contributed by atoms with van der Waals surface area (Å²) in [7, 11) is 0. The van der Waals surface area contributed by atoms with Crippen molar-refractivity contribution in [2.75, 3.05) is 6.54 Å². The molecule has 3 rings (SSSR count). The average Bonchev–Trinajstić information content (AvgIpc) is 2.64. The number of nitrogens with zero attached hydrogens (tertiary/aromatic N) is 1. The summed E-state index contributed by atoms with van der Waals surface area (Å²) in [4.78, 5) is 31.2. The van der Waals surface area contributed by atoms with Gasteiger partial charge in [0.15, 0.2) is 0 Å². The van der Waals surface area contributed by atoms with Crippen LogP contribution in [0.1, 0.15) is 29.5 Å². The molecule has 0 spiro atoms. The van der Waals surface area contributed by atoms with Crippen LogP contribution in [0.25, 0.3) is 10.9 Å². The van der Waals surface area contributed by atoms with Gasteiger partial charge < -0.3 is 10.3 Å². The molecule has 3 aromatic rings. The lowest BCUT2D eigenvalue weighted by Crippen LogP contribution is -2.26. The van der Waals surface area contributed by atoms with Crippen LogP contribution >= 0.6 is 0 Å². The number of carbonyl (C=O) groups is 1. The van der Waals surface area contributed by atoms with Gasteiger partial charge in [-0.05, 0) is 60.9 Å². The molecule has 0 saturated carbocycles. The zero-order valence-electron chi connectivity index (χ0n) is 14.9. The smallest absolute Gasteiger partial charge is 0.251 e. The Bertz CT molecular complexity index is 948. The van der Waals surface area contributed by atoms with Crippen LogP contribution in [0, 0.1) is 6.92 Å². The molecule has 1 amide bonds. The van der Waals surface area contributed by atoms with Crippen molar-refractivity contribution in [2.24, 2.45) is 0 Å². The number of hydrogen-bond acceptors (Lipinski definition) is 3. The van der Waals surface area contributed by atoms with E-state index in [1.54, 1.807) is 6.20 Å². The molecule has 0 aliphatic carbocycles. The summed E-state index contributed by atoms with van der Waals surface area (Å²) in [6.07, 6.45) is 6.10. The predicted octanol–water partition coefficient (Wildman–Crippen LogP) is 2.91. The molecule has 0 aliphatic rings. The lowest BCUT2D eigenvalue weighted by molar-refractivity contribution is -0.121. The monoisotopic (exact) mass is 349 g/mol. The van der Waals surface area contributed by atoms with Gasteiger partial charge in [0, 0.05) is 36.4 Å². The van der Waals surface area contributed by atoms with Gasteiger partial charge in [0.1, 0.15) is 0 Å². The predicted molar refractivity (Wildman–Crippen MR) is 103 cm³/mol. The number of H-pyrrole nitrogens is 1. The van der Waals surface area contributed by atoms with Crippen molar-refractivity contribution in [1.29, 1.82) is 0 Å². The van der Waals surface area contributed by atoms with Crippen molar-refractivity contribution in [3.63, 3.8) is 0 Å².